The fourth-order valence-electron chi connectivity index (χ4n) is 1.15. The number of hydrogen-bond donors (Lipinski definition) is 2. The molecule has 82 valence electrons. The van der Waals surface area contributed by atoms with E-state index < -0.39 is 23.2 Å². The van der Waals surface area contributed by atoms with E-state index in [9.17, 15) is 13.6 Å². The zero-order valence-electron chi connectivity index (χ0n) is 8.18. The van der Waals surface area contributed by atoms with Gasteiger partial charge in [-0.05, 0) is 18.6 Å². The third-order valence-electron chi connectivity index (χ3n) is 1.84. The molecular formula is C10H11F2NO2. The van der Waals surface area contributed by atoms with Gasteiger partial charge in [-0.3, -0.25) is 0 Å². The average Bonchev–Trinajstić information content (AvgIpc) is 2.12. The third kappa shape index (κ3) is 2.65. The number of aromatic carboxylic acids is 1. The van der Waals surface area contributed by atoms with Gasteiger partial charge in [-0.15, -0.1) is 0 Å². The van der Waals surface area contributed by atoms with Gasteiger partial charge in [0, 0.05) is 12.2 Å². The molecule has 0 aliphatic carbocycles. The maximum Gasteiger partial charge on any atom is 0.341 e. The molecule has 0 bridgehead atoms. The van der Waals surface area contributed by atoms with E-state index in [1.165, 1.54) is 0 Å². The summed E-state index contributed by atoms with van der Waals surface area (Å²) in [6.07, 6.45) is 0.809. The number of benzene rings is 1. The summed E-state index contributed by atoms with van der Waals surface area (Å²) in [5.74, 6) is -3.74. The first-order valence-corrected chi connectivity index (χ1v) is 4.52. The molecule has 0 heterocycles. The lowest BCUT2D eigenvalue weighted by atomic mass is 10.1. The Kier molecular flexibility index (Phi) is 3.60. The Hall–Kier alpha value is -1.65. The van der Waals surface area contributed by atoms with Crippen molar-refractivity contribution in [1.82, 2.24) is 0 Å². The van der Waals surface area contributed by atoms with Gasteiger partial charge in [0.2, 0.25) is 0 Å². The van der Waals surface area contributed by atoms with Crippen LogP contribution >= 0.6 is 0 Å². The van der Waals surface area contributed by atoms with Crippen molar-refractivity contribution in [2.75, 3.05) is 11.9 Å². The maximum atomic E-state index is 13.1. The minimum absolute atomic E-state index is 0.247. The van der Waals surface area contributed by atoms with Crippen molar-refractivity contribution < 1.29 is 18.7 Å². The Labute approximate surface area is 85.7 Å². The van der Waals surface area contributed by atoms with E-state index in [1.807, 2.05) is 6.92 Å². The molecule has 5 heteroatoms. The Bertz CT molecular complexity index is 357. The Morgan fingerprint density at radius 3 is 2.33 bits per heavy atom. The van der Waals surface area contributed by atoms with Crippen LogP contribution in [0.25, 0.3) is 0 Å². The lowest BCUT2D eigenvalue weighted by Gasteiger charge is -2.06. The second-order valence-electron chi connectivity index (χ2n) is 3.05. The van der Waals surface area contributed by atoms with Crippen molar-refractivity contribution in [1.29, 1.82) is 0 Å². The lowest BCUT2D eigenvalue weighted by Crippen LogP contribution is -2.07. The zero-order chi connectivity index (χ0) is 11.4. The summed E-state index contributed by atoms with van der Waals surface area (Å²) >= 11 is 0. The first-order chi connectivity index (χ1) is 7.06. The summed E-state index contributed by atoms with van der Waals surface area (Å²) in [7, 11) is 0. The molecule has 0 aliphatic rings. The monoisotopic (exact) mass is 215 g/mol. The Morgan fingerprint density at radius 1 is 1.40 bits per heavy atom. The molecule has 1 aromatic carbocycles. The number of hydrogen-bond acceptors (Lipinski definition) is 2. The van der Waals surface area contributed by atoms with Gasteiger partial charge in [-0.2, -0.15) is 0 Å². The predicted molar refractivity (Wildman–Crippen MR) is 52.1 cm³/mol. The van der Waals surface area contributed by atoms with Gasteiger partial charge in [0.15, 0.2) is 0 Å². The van der Waals surface area contributed by atoms with E-state index in [2.05, 4.69) is 5.32 Å². The summed E-state index contributed by atoms with van der Waals surface area (Å²) in [5.41, 5.74) is -0.672. The molecule has 0 aliphatic heterocycles. The van der Waals surface area contributed by atoms with E-state index >= 15 is 0 Å². The highest BCUT2D eigenvalue weighted by atomic mass is 19.1. The highest BCUT2D eigenvalue weighted by Crippen LogP contribution is 2.18. The van der Waals surface area contributed by atoms with Crippen LogP contribution in [0.2, 0.25) is 0 Å². The van der Waals surface area contributed by atoms with E-state index in [0.29, 0.717) is 6.54 Å². The number of rotatable bonds is 4. The molecule has 0 spiro atoms. The summed E-state index contributed by atoms with van der Waals surface area (Å²) < 4.78 is 26.3. The van der Waals surface area contributed by atoms with E-state index in [-0.39, 0.29) is 5.69 Å². The van der Waals surface area contributed by atoms with Gasteiger partial charge < -0.3 is 10.4 Å². The molecule has 1 aromatic rings. The van der Waals surface area contributed by atoms with Crippen LogP contribution in [-0.2, 0) is 0 Å². The second-order valence-corrected chi connectivity index (χ2v) is 3.05. The maximum absolute atomic E-state index is 13.1. The van der Waals surface area contributed by atoms with E-state index in [1.54, 1.807) is 0 Å². The number of nitrogens with one attached hydrogen (secondary N) is 1. The first-order valence-electron chi connectivity index (χ1n) is 4.52. The zero-order valence-corrected chi connectivity index (χ0v) is 8.18. The predicted octanol–water partition coefficient (Wildman–Crippen LogP) is 2.48. The van der Waals surface area contributed by atoms with Crippen molar-refractivity contribution in [2.24, 2.45) is 0 Å². The number of halogens is 2. The fraction of sp³-hybridized carbons (Fsp3) is 0.300. The van der Waals surface area contributed by atoms with Crippen molar-refractivity contribution >= 4 is 11.7 Å². The van der Waals surface area contributed by atoms with E-state index in [0.717, 1.165) is 18.6 Å². The highest BCUT2D eigenvalue weighted by Gasteiger charge is 2.17. The topological polar surface area (TPSA) is 49.3 Å². The molecule has 0 unspecified atom stereocenters. The van der Waals surface area contributed by atoms with Crippen LogP contribution in [0.4, 0.5) is 14.5 Å². The summed E-state index contributed by atoms with van der Waals surface area (Å²) in [6, 6.07) is 1.95. The van der Waals surface area contributed by atoms with Gasteiger partial charge >= 0.3 is 5.97 Å². The molecule has 0 saturated carbocycles. The molecular weight excluding hydrogens is 204 g/mol. The number of carbonyl (C=O) groups is 1. The Morgan fingerprint density at radius 2 is 1.93 bits per heavy atom. The molecule has 0 atom stereocenters. The quantitative estimate of drug-likeness (QED) is 0.811. The first kappa shape index (κ1) is 11.4. The number of carboxylic acids is 1. The number of carboxylic acid groups (broad SMARTS) is 1. The van der Waals surface area contributed by atoms with Crippen LogP contribution in [0, 0.1) is 11.6 Å². The van der Waals surface area contributed by atoms with Crippen LogP contribution in [0.3, 0.4) is 0 Å². The Balaban J connectivity index is 3.03. The molecule has 0 saturated heterocycles. The summed E-state index contributed by atoms with van der Waals surface area (Å²) in [4.78, 5) is 10.5. The largest absolute Gasteiger partial charge is 0.477 e. The van der Waals surface area contributed by atoms with Gasteiger partial charge in [0.05, 0.1) is 0 Å². The molecule has 3 nitrogen and oxygen atoms in total. The van der Waals surface area contributed by atoms with Crippen LogP contribution in [0.1, 0.15) is 23.7 Å². The fourth-order valence-corrected chi connectivity index (χ4v) is 1.15. The third-order valence-corrected chi connectivity index (χ3v) is 1.84. The average molecular weight is 215 g/mol. The standard InChI is InChI=1S/C10H11F2NO2/c1-2-3-13-6-4-7(11)9(10(14)15)8(12)5-6/h4-5,13H,2-3H2,1H3,(H,14,15). The molecule has 1 rings (SSSR count). The van der Waals surface area contributed by atoms with Gasteiger partial charge in [0.25, 0.3) is 0 Å². The lowest BCUT2D eigenvalue weighted by molar-refractivity contribution is 0.0686. The highest BCUT2D eigenvalue weighted by molar-refractivity contribution is 5.88. The molecule has 0 amide bonds. The summed E-state index contributed by atoms with van der Waals surface area (Å²) in [5, 5.41) is 11.3. The van der Waals surface area contributed by atoms with E-state index in [4.69, 9.17) is 5.11 Å². The van der Waals surface area contributed by atoms with Gasteiger partial charge in [-0.1, -0.05) is 6.92 Å². The molecule has 2 N–H and O–H groups in total. The number of anilines is 1. The summed E-state index contributed by atoms with van der Waals surface area (Å²) in [6.45, 7) is 2.48. The van der Waals surface area contributed by atoms with Crippen molar-refractivity contribution in [3.05, 3.63) is 29.3 Å². The van der Waals surface area contributed by atoms with Crippen LogP contribution in [-0.4, -0.2) is 17.6 Å². The van der Waals surface area contributed by atoms with Crippen molar-refractivity contribution in [2.45, 2.75) is 13.3 Å². The van der Waals surface area contributed by atoms with Crippen molar-refractivity contribution in [3.8, 4) is 0 Å². The van der Waals surface area contributed by atoms with Crippen LogP contribution < -0.4 is 5.32 Å². The van der Waals surface area contributed by atoms with Crippen molar-refractivity contribution in [3.63, 3.8) is 0 Å². The molecule has 15 heavy (non-hydrogen) atoms. The van der Waals surface area contributed by atoms with Crippen LogP contribution in [0.5, 0.6) is 0 Å². The second kappa shape index (κ2) is 4.72. The molecule has 0 aromatic heterocycles. The van der Waals surface area contributed by atoms with Crippen LogP contribution in [0.15, 0.2) is 12.1 Å². The normalized spacial score (nSPS) is 10.1. The minimum atomic E-state index is -1.60. The van der Waals surface area contributed by atoms with Gasteiger partial charge in [-0.25, -0.2) is 13.6 Å². The SMILES string of the molecule is CCCNc1cc(F)c(C(=O)O)c(F)c1. The minimum Gasteiger partial charge on any atom is -0.477 e. The molecule has 0 fully saturated rings. The smallest absolute Gasteiger partial charge is 0.341 e. The molecule has 0 radical (unpaired) electrons. The van der Waals surface area contributed by atoms with Gasteiger partial charge in [0.1, 0.15) is 17.2 Å².